The van der Waals surface area contributed by atoms with E-state index in [2.05, 4.69) is 19.9 Å². The molecule has 110 valence electrons. The number of halogens is 1. The zero-order valence-corrected chi connectivity index (χ0v) is 13.7. The Hall–Kier alpha value is -1.58. The quantitative estimate of drug-likeness (QED) is 0.761. The smallest absolute Gasteiger partial charge is 0.137 e. The zero-order chi connectivity index (χ0) is 15.4. The number of rotatable bonds is 5. The molecular formula is C17H18ClNOS. The van der Waals surface area contributed by atoms with Crippen molar-refractivity contribution in [1.29, 1.82) is 0 Å². The molecule has 2 aromatic carbocycles. The highest BCUT2D eigenvalue weighted by molar-refractivity contribution is 7.80. The fourth-order valence-corrected chi connectivity index (χ4v) is 2.43. The lowest BCUT2D eigenvalue weighted by molar-refractivity contribution is 0.469. The molecule has 2 aromatic rings. The Kier molecular flexibility index (Phi) is 5.21. The third kappa shape index (κ3) is 3.74. The van der Waals surface area contributed by atoms with Crippen LogP contribution in [0.3, 0.4) is 0 Å². The van der Waals surface area contributed by atoms with E-state index >= 15 is 0 Å². The number of hydrogen-bond acceptors (Lipinski definition) is 2. The maximum Gasteiger partial charge on any atom is 0.137 e. The van der Waals surface area contributed by atoms with Gasteiger partial charge in [0.1, 0.15) is 16.5 Å². The second kappa shape index (κ2) is 6.92. The summed E-state index contributed by atoms with van der Waals surface area (Å²) in [5.41, 5.74) is 7.57. The van der Waals surface area contributed by atoms with Gasteiger partial charge in [0.15, 0.2) is 0 Å². The number of nitrogens with two attached hydrogens (primary N) is 1. The second-order valence-electron chi connectivity index (χ2n) is 4.95. The lowest BCUT2D eigenvalue weighted by Gasteiger charge is -2.17. The number of benzene rings is 2. The van der Waals surface area contributed by atoms with Gasteiger partial charge in [0.05, 0.1) is 5.56 Å². The van der Waals surface area contributed by atoms with Crippen LogP contribution in [0.5, 0.6) is 11.5 Å². The molecule has 2 N–H and O–H groups in total. The van der Waals surface area contributed by atoms with E-state index in [-0.39, 0.29) is 4.99 Å². The third-order valence-corrected chi connectivity index (χ3v) is 3.94. The van der Waals surface area contributed by atoms with Crippen LogP contribution in [0.1, 0.15) is 37.3 Å². The fourth-order valence-electron chi connectivity index (χ4n) is 2.10. The van der Waals surface area contributed by atoms with Crippen molar-refractivity contribution in [3.05, 3.63) is 58.6 Å². The summed E-state index contributed by atoms with van der Waals surface area (Å²) in [4.78, 5) is 0.272. The van der Waals surface area contributed by atoms with Gasteiger partial charge in [0.2, 0.25) is 0 Å². The van der Waals surface area contributed by atoms with Crippen molar-refractivity contribution in [1.82, 2.24) is 0 Å². The molecule has 0 spiro atoms. The molecule has 0 saturated carbocycles. The first-order valence-electron chi connectivity index (χ1n) is 6.89. The summed E-state index contributed by atoms with van der Waals surface area (Å²) >= 11 is 11.1. The van der Waals surface area contributed by atoms with Gasteiger partial charge < -0.3 is 10.5 Å². The van der Waals surface area contributed by atoms with Gasteiger partial charge >= 0.3 is 0 Å². The summed E-state index contributed by atoms with van der Waals surface area (Å²) in [5.74, 6) is 1.87. The molecule has 0 aromatic heterocycles. The topological polar surface area (TPSA) is 35.2 Å². The van der Waals surface area contributed by atoms with Crippen molar-refractivity contribution in [3.63, 3.8) is 0 Å². The predicted molar refractivity (Wildman–Crippen MR) is 92.6 cm³/mol. The Balaban J connectivity index is 2.41. The molecule has 0 aliphatic rings. The Morgan fingerprint density at radius 3 is 2.62 bits per heavy atom. The SMILES string of the molecule is CCC(C)c1ccccc1Oc1ccc(Cl)cc1C(N)=S. The zero-order valence-electron chi connectivity index (χ0n) is 12.1. The molecule has 0 heterocycles. The summed E-state index contributed by atoms with van der Waals surface area (Å²) in [5, 5.41) is 0.584. The molecule has 0 radical (unpaired) electrons. The van der Waals surface area contributed by atoms with Crippen molar-refractivity contribution in [2.75, 3.05) is 0 Å². The van der Waals surface area contributed by atoms with E-state index in [9.17, 15) is 0 Å². The van der Waals surface area contributed by atoms with Crippen LogP contribution >= 0.6 is 23.8 Å². The monoisotopic (exact) mass is 319 g/mol. The minimum absolute atomic E-state index is 0.272. The molecule has 1 unspecified atom stereocenters. The van der Waals surface area contributed by atoms with Gasteiger partial charge in [-0.15, -0.1) is 0 Å². The number of hydrogen-bond donors (Lipinski definition) is 1. The van der Waals surface area contributed by atoms with E-state index in [1.807, 2.05) is 18.2 Å². The van der Waals surface area contributed by atoms with Crippen molar-refractivity contribution in [2.45, 2.75) is 26.2 Å². The van der Waals surface area contributed by atoms with E-state index in [0.717, 1.165) is 12.2 Å². The summed E-state index contributed by atoms with van der Waals surface area (Å²) in [6.07, 6.45) is 1.04. The predicted octanol–water partition coefficient (Wildman–Crippen LogP) is 5.28. The number of ether oxygens (including phenoxy) is 1. The lowest BCUT2D eigenvalue weighted by atomic mass is 9.98. The van der Waals surface area contributed by atoms with Gasteiger partial charge in [-0.05, 0) is 42.2 Å². The van der Waals surface area contributed by atoms with Crippen molar-refractivity contribution < 1.29 is 4.74 Å². The highest BCUT2D eigenvalue weighted by Crippen LogP contribution is 2.34. The fraction of sp³-hybridized carbons (Fsp3) is 0.235. The molecule has 0 aliphatic heterocycles. The molecule has 2 rings (SSSR count). The Morgan fingerprint density at radius 1 is 1.24 bits per heavy atom. The summed E-state index contributed by atoms with van der Waals surface area (Å²) < 4.78 is 6.05. The van der Waals surface area contributed by atoms with Gasteiger partial charge in [-0.1, -0.05) is 55.9 Å². The maximum atomic E-state index is 6.05. The molecule has 21 heavy (non-hydrogen) atoms. The van der Waals surface area contributed by atoms with E-state index in [0.29, 0.717) is 22.3 Å². The van der Waals surface area contributed by atoms with Crippen molar-refractivity contribution in [3.8, 4) is 11.5 Å². The molecule has 0 saturated heterocycles. The van der Waals surface area contributed by atoms with Crippen LogP contribution in [0.2, 0.25) is 5.02 Å². The summed E-state index contributed by atoms with van der Waals surface area (Å²) in [6.45, 7) is 4.34. The van der Waals surface area contributed by atoms with Gasteiger partial charge in [0.25, 0.3) is 0 Å². The summed E-state index contributed by atoms with van der Waals surface area (Å²) in [6, 6.07) is 13.3. The molecule has 1 atom stereocenters. The molecule has 0 aliphatic carbocycles. The Bertz CT molecular complexity index is 657. The van der Waals surface area contributed by atoms with Crippen molar-refractivity contribution in [2.24, 2.45) is 5.73 Å². The molecule has 0 amide bonds. The molecular weight excluding hydrogens is 302 g/mol. The average Bonchev–Trinajstić information content (AvgIpc) is 2.48. The van der Waals surface area contributed by atoms with E-state index < -0.39 is 0 Å². The molecule has 2 nitrogen and oxygen atoms in total. The van der Waals surface area contributed by atoms with E-state index in [4.69, 9.17) is 34.3 Å². The van der Waals surface area contributed by atoms with E-state index in [1.54, 1.807) is 18.2 Å². The van der Waals surface area contributed by atoms with Crippen LogP contribution in [0.4, 0.5) is 0 Å². The van der Waals surface area contributed by atoms with Crippen LogP contribution in [0, 0.1) is 0 Å². The van der Waals surface area contributed by atoms with Crippen LogP contribution in [0.25, 0.3) is 0 Å². The first-order valence-corrected chi connectivity index (χ1v) is 7.67. The molecule has 0 fully saturated rings. The standard InChI is InChI=1S/C17H18ClNOS/c1-3-11(2)13-6-4-5-7-15(13)20-16-9-8-12(18)10-14(16)17(19)21/h4-11H,3H2,1-2H3,(H2,19,21). The first-order chi connectivity index (χ1) is 10.0. The van der Waals surface area contributed by atoms with Crippen molar-refractivity contribution >= 4 is 28.8 Å². The average molecular weight is 320 g/mol. The van der Waals surface area contributed by atoms with E-state index in [1.165, 1.54) is 5.56 Å². The van der Waals surface area contributed by atoms with Crippen LogP contribution < -0.4 is 10.5 Å². The normalized spacial score (nSPS) is 12.0. The Morgan fingerprint density at radius 2 is 1.95 bits per heavy atom. The minimum atomic E-state index is 0.272. The van der Waals surface area contributed by atoms with Gasteiger partial charge in [-0.3, -0.25) is 0 Å². The van der Waals surface area contributed by atoms with Crippen LogP contribution in [-0.2, 0) is 0 Å². The number of thiocarbonyl (C=S) groups is 1. The highest BCUT2D eigenvalue weighted by atomic mass is 35.5. The summed E-state index contributed by atoms with van der Waals surface area (Å²) in [7, 11) is 0. The Labute approximate surface area is 135 Å². The molecule has 0 bridgehead atoms. The molecule has 4 heteroatoms. The minimum Gasteiger partial charge on any atom is -0.456 e. The van der Waals surface area contributed by atoms with Crippen LogP contribution in [0.15, 0.2) is 42.5 Å². The van der Waals surface area contributed by atoms with Gasteiger partial charge in [0, 0.05) is 5.02 Å². The van der Waals surface area contributed by atoms with Gasteiger partial charge in [-0.25, -0.2) is 0 Å². The highest BCUT2D eigenvalue weighted by Gasteiger charge is 2.13. The lowest BCUT2D eigenvalue weighted by Crippen LogP contribution is -2.11. The first kappa shape index (κ1) is 15.8. The van der Waals surface area contributed by atoms with Crippen LogP contribution in [-0.4, -0.2) is 4.99 Å². The largest absolute Gasteiger partial charge is 0.456 e. The maximum absolute atomic E-state index is 6.05. The third-order valence-electron chi connectivity index (χ3n) is 3.49. The second-order valence-corrected chi connectivity index (χ2v) is 5.83. The van der Waals surface area contributed by atoms with Gasteiger partial charge in [-0.2, -0.15) is 0 Å². The number of para-hydroxylation sites is 1.